The number of rotatable bonds is 4. The second-order valence-corrected chi connectivity index (χ2v) is 5.49. The SMILES string of the molecule is CC(C)N1CCOC(CNc2ccc(F)cc2Cl)C1. The molecule has 0 bridgehead atoms. The maximum absolute atomic E-state index is 12.9. The number of nitrogens with one attached hydrogen (secondary N) is 1. The van der Waals surface area contributed by atoms with E-state index >= 15 is 0 Å². The third-order valence-electron chi connectivity index (χ3n) is 3.35. The van der Waals surface area contributed by atoms with Gasteiger partial charge in [0.1, 0.15) is 5.82 Å². The largest absolute Gasteiger partial charge is 0.381 e. The predicted molar refractivity (Wildman–Crippen MR) is 76.3 cm³/mol. The average Bonchev–Trinajstić information content (AvgIpc) is 2.38. The molecule has 1 saturated heterocycles. The van der Waals surface area contributed by atoms with Crippen molar-refractivity contribution in [3.05, 3.63) is 29.0 Å². The summed E-state index contributed by atoms with van der Waals surface area (Å²) in [4.78, 5) is 2.39. The van der Waals surface area contributed by atoms with Crippen LogP contribution >= 0.6 is 11.6 Å². The van der Waals surface area contributed by atoms with Gasteiger partial charge in [-0.1, -0.05) is 11.6 Å². The summed E-state index contributed by atoms with van der Waals surface area (Å²) in [5, 5.41) is 3.62. The number of anilines is 1. The number of hydrogen-bond acceptors (Lipinski definition) is 3. The topological polar surface area (TPSA) is 24.5 Å². The van der Waals surface area contributed by atoms with Crippen molar-refractivity contribution in [1.82, 2.24) is 4.90 Å². The molecule has 1 aliphatic heterocycles. The van der Waals surface area contributed by atoms with E-state index in [1.807, 2.05) is 0 Å². The van der Waals surface area contributed by atoms with E-state index in [1.54, 1.807) is 6.07 Å². The first-order chi connectivity index (χ1) is 9.06. The highest BCUT2D eigenvalue weighted by Gasteiger charge is 2.22. The number of morpholine rings is 1. The van der Waals surface area contributed by atoms with Crippen LogP contribution in [-0.4, -0.2) is 43.3 Å². The zero-order valence-corrected chi connectivity index (χ0v) is 12.1. The minimum absolute atomic E-state index is 0.136. The molecule has 1 aliphatic rings. The van der Waals surface area contributed by atoms with Crippen LogP contribution in [0.15, 0.2) is 18.2 Å². The van der Waals surface area contributed by atoms with Crippen molar-refractivity contribution >= 4 is 17.3 Å². The van der Waals surface area contributed by atoms with Crippen molar-refractivity contribution in [1.29, 1.82) is 0 Å². The number of benzene rings is 1. The first kappa shape index (κ1) is 14.6. The van der Waals surface area contributed by atoms with E-state index in [2.05, 4.69) is 24.1 Å². The molecule has 0 amide bonds. The van der Waals surface area contributed by atoms with E-state index in [-0.39, 0.29) is 11.9 Å². The Bertz CT molecular complexity index is 428. The van der Waals surface area contributed by atoms with Crippen molar-refractivity contribution < 1.29 is 9.13 Å². The standard InChI is InChI=1S/C14H20ClFN2O/c1-10(2)18-5-6-19-12(9-18)8-17-14-4-3-11(16)7-13(14)15/h3-4,7,10,12,17H,5-6,8-9H2,1-2H3. The Hall–Kier alpha value is -0.840. The van der Waals surface area contributed by atoms with Gasteiger partial charge in [-0.25, -0.2) is 4.39 Å². The van der Waals surface area contributed by atoms with Crippen molar-refractivity contribution in [2.24, 2.45) is 0 Å². The van der Waals surface area contributed by atoms with Crippen molar-refractivity contribution in [3.63, 3.8) is 0 Å². The lowest BCUT2D eigenvalue weighted by Crippen LogP contribution is -2.48. The van der Waals surface area contributed by atoms with Gasteiger partial charge in [0.05, 0.1) is 23.4 Å². The van der Waals surface area contributed by atoms with E-state index in [1.165, 1.54) is 12.1 Å². The Morgan fingerprint density at radius 1 is 1.53 bits per heavy atom. The highest BCUT2D eigenvalue weighted by Crippen LogP contribution is 2.22. The minimum atomic E-state index is -0.324. The lowest BCUT2D eigenvalue weighted by Gasteiger charge is -2.35. The highest BCUT2D eigenvalue weighted by atomic mass is 35.5. The molecule has 1 N–H and O–H groups in total. The lowest BCUT2D eigenvalue weighted by molar-refractivity contribution is -0.0315. The van der Waals surface area contributed by atoms with E-state index in [0.29, 0.717) is 17.6 Å². The number of halogens is 2. The van der Waals surface area contributed by atoms with Crippen LogP contribution in [0.1, 0.15) is 13.8 Å². The summed E-state index contributed by atoms with van der Waals surface area (Å²) in [6.07, 6.45) is 0.136. The van der Waals surface area contributed by atoms with Crippen LogP contribution in [-0.2, 0) is 4.74 Å². The molecular weight excluding hydrogens is 267 g/mol. The Kier molecular flexibility index (Phi) is 5.02. The first-order valence-corrected chi connectivity index (χ1v) is 6.98. The molecule has 0 aliphatic carbocycles. The summed E-state index contributed by atoms with van der Waals surface area (Å²) >= 11 is 5.97. The molecule has 0 spiro atoms. The first-order valence-electron chi connectivity index (χ1n) is 6.61. The zero-order chi connectivity index (χ0) is 13.8. The van der Waals surface area contributed by atoms with Crippen LogP contribution in [0.5, 0.6) is 0 Å². The van der Waals surface area contributed by atoms with Crippen molar-refractivity contribution in [2.75, 3.05) is 31.6 Å². The van der Waals surface area contributed by atoms with Gasteiger partial charge in [0.15, 0.2) is 0 Å². The van der Waals surface area contributed by atoms with E-state index < -0.39 is 0 Å². The molecule has 1 aromatic carbocycles. The second kappa shape index (κ2) is 6.55. The molecule has 1 atom stereocenters. The summed E-state index contributed by atoms with van der Waals surface area (Å²) in [6, 6.07) is 4.89. The van der Waals surface area contributed by atoms with Crippen LogP contribution in [0, 0.1) is 5.82 Å². The van der Waals surface area contributed by atoms with Gasteiger partial charge in [0.2, 0.25) is 0 Å². The third kappa shape index (κ3) is 4.06. The van der Waals surface area contributed by atoms with E-state index in [0.717, 1.165) is 25.4 Å². The fraction of sp³-hybridized carbons (Fsp3) is 0.571. The molecule has 0 saturated carbocycles. The summed E-state index contributed by atoms with van der Waals surface area (Å²) in [5.74, 6) is -0.324. The number of ether oxygens (including phenoxy) is 1. The van der Waals surface area contributed by atoms with Gasteiger partial charge < -0.3 is 10.1 Å². The maximum Gasteiger partial charge on any atom is 0.124 e. The normalized spacial score (nSPS) is 20.8. The summed E-state index contributed by atoms with van der Waals surface area (Å²) in [5.41, 5.74) is 0.744. The van der Waals surface area contributed by atoms with Crippen LogP contribution in [0.2, 0.25) is 5.02 Å². The Morgan fingerprint density at radius 3 is 3.00 bits per heavy atom. The van der Waals surface area contributed by atoms with Crippen LogP contribution < -0.4 is 5.32 Å². The molecule has 2 rings (SSSR count). The van der Waals surface area contributed by atoms with Crippen molar-refractivity contribution in [2.45, 2.75) is 26.0 Å². The fourth-order valence-corrected chi connectivity index (χ4v) is 2.43. The van der Waals surface area contributed by atoms with Gasteiger partial charge in [0, 0.05) is 25.7 Å². The number of nitrogens with zero attached hydrogens (tertiary/aromatic N) is 1. The minimum Gasteiger partial charge on any atom is -0.381 e. The maximum atomic E-state index is 12.9. The molecule has 1 aromatic rings. The monoisotopic (exact) mass is 286 g/mol. The summed E-state index contributed by atoms with van der Waals surface area (Å²) in [7, 11) is 0. The molecule has 106 valence electrons. The second-order valence-electron chi connectivity index (χ2n) is 5.09. The summed E-state index contributed by atoms with van der Waals surface area (Å²) < 4.78 is 18.7. The van der Waals surface area contributed by atoms with E-state index in [4.69, 9.17) is 16.3 Å². The van der Waals surface area contributed by atoms with Crippen LogP contribution in [0.4, 0.5) is 10.1 Å². The third-order valence-corrected chi connectivity index (χ3v) is 3.66. The van der Waals surface area contributed by atoms with Gasteiger partial charge >= 0.3 is 0 Å². The molecule has 3 nitrogen and oxygen atoms in total. The molecule has 1 heterocycles. The highest BCUT2D eigenvalue weighted by molar-refractivity contribution is 6.33. The molecule has 0 radical (unpaired) electrons. The smallest absolute Gasteiger partial charge is 0.124 e. The Labute approximate surface area is 118 Å². The Balaban J connectivity index is 1.88. The quantitative estimate of drug-likeness (QED) is 0.921. The lowest BCUT2D eigenvalue weighted by atomic mass is 10.2. The van der Waals surface area contributed by atoms with Crippen LogP contribution in [0.3, 0.4) is 0 Å². The van der Waals surface area contributed by atoms with Gasteiger partial charge in [-0.15, -0.1) is 0 Å². The molecule has 1 unspecified atom stereocenters. The van der Waals surface area contributed by atoms with Gasteiger partial charge in [-0.05, 0) is 32.0 Å². The molecule has 0 aromatic heterocycles. The van der Waals surface area contributed by atoms with Gasteiger partial charge in [0.25, 0.3) is 0 Å². The zero-order valence-electron chi connectivity index (χ0n) is 11.3. The van der Waals surface area contributed by atoms with Gasteiger partial charge in [-0.2, -0.15) is 0 Å². The Morgan fingerprint density at radius 2 is 2.32 bits per heavy atom. The molecule has 19 heavy (non-hydrogen) atoms. The predicted octanol–water partition coefficient (Wildman–Crippen LogP) is 3.00. The van der Waals surface area contributed by atoms with Crippen molar-refractivity contribution in [3.8, 4) is 0 Å². The van der Waals surface area contributed by atoms with E-state index in [9.17, 15) is 4.39 Å². The van der Waals surface area contributed by atoms with Gasteiger partial charge in [-0.3, -0.25) is 4.90 Å². The molecule has 1 fully saturated rings. The molecule has 5 heteroatoms. The molecular formula is C14H20ClFN2O. The summed E-state index contributed by atoms with van der Waals surface area (Å²) in [6.45, 7) is 7.69. The average molecular weight is 287 g/mol. The van der Waals surface area contributed by atoms with Crippen LogP contribution in [0.25, 0.3) is 0 Å². The number of hydrogen-bond donors (Lipinski definition) is 1. The fourth-order valence-electron chi connectivity index (χ4n) is 2.19.